The van der Waals surface area contributed by atoms with E-state index in [1.54, 1.807) is 12.1 Å². The lowest BCUT2D eigenvalue weighted by molar-refractivity contribution is -0.139. The minimum absolute atomic E-state index is 0.0449. The fraction of sp³-hybridized carbons (Fsp3) is 0.467. The molecule has 0 saturated carbocycles. The van der Waals surface area contributed by atoms with Gasteiger partial charge in [-0.1, -0.05) is 32.1 Å². The lowest BCUT2D eigenvalue weighted by Crippen LogP contribution is -2.44. The Hall–Kier alpha value is -3.73. The van der Waals surface area contributed by atoms with Crippen LogP contribution in [0.15, 0.2) is 47.7 Å². The Morgan fingerprint density at radius 3 is 2.66 bits per heavy atom. The second kappa shape index (κ2) is 11.6. The zero-order valence-corrected chi connectivity index (χ0v) is 23.3. The molecule has 2 unspecified atom stereocenters. The summed E-state index contributed by atoms with van der Waals surface area (Å²) >= 11 is 0. The van der Waals surface area contributed by atoms with Crippen molar-refractivity contribution < 1.29 is 27.5 Å². The monoisotopic (exact) mass is 569 g/mol. The first-order valence-electron chi connectivity index (χ1n) is 14.0. The van der Waals surface area contributed by atoms with Crippen molar-refractivity contribution in [1.29, 1.82) is 0 Å². The highest BCUT2D eigenvalue weighted by atomic mass is 19.4. The minimum atomic E-state index is -4.76. The lowest BCUT2D eigenvalue weighted by atomic mass is 9.85. The van der Waals surface area contributed by atoms with Crippen molar-refractivity contribution in [3.05, 3.63) is 64.4 Å². The Balaban J connectivity index is 1.36. The fourth-order valence-corrected chi connectivity index (χ4v) is 5.67. The van der Waals surface area contributed by atoms with E-state index in [9.17, 15) is 22.8 Å². The molecule has 41 heavy (non-hydrogen) atoms. The van der Waals surface area contributed by atoms with Crippen LogP contribution in [0.2, 0.25) is 0 Å². The predicted molar refractivity (Wildman–Crippen MR) is 148 cm³/mol. The van der Waals surface area contributed by atoms with Crippen LogP contribution in [0.25, 0.3) is 0 Å². The molecule has 5 rings (SSSR count). The van der Waals surface area contributed by atoms with Gasteiger partial charge in [0, 0.05) is 24.2 Å². The number of aryl methyl sites for hydroxylation is 1. The van der Waals surface area contributed by atoms with Crippen LogP contribution in [0, 0.1) is 5.92 Å². The molecule has 218 valence electrons. The third kappa shape index (κ3) is 6.29. The number of aromatic nitrogens is 2. The van der Waals surface area contributed by atoms with E-state index in [1.807, 2.05) is 26.0 Å². The number of anilines is 1. The van der Waals surface area contributed by atoms with E-state index in [0.29, 0.717) is 30.2 Å². The number of amides is 1. The highest BCUT2D eigenvalue weighted by Gasteiger charge is 2.38. The zero-order valence-electron chi connectivity index (χ0n) is 23.3. The molecule has 2 aromatic rings. The first kappa shape index (κ1) is 28.8. The maximum Gasteiger partial charge on any atom is 0.423 e. The second-order valence-electron chi connectivity index (χ2n) is 11.0. The van der Waals surface area contributed by atoms with Crippen molar-refractivity contribution in [3.63, 3.8) is 0 Å². The molecule has 11 heteroatoms. The molecule has 1 aromatic carbocycles. The number of rotatable bonds is 7. The molecule has 0 spiro atoms. The van der Waals surface area contributed by atoms with Gasteiger partial charge in [-0.2, -0.15) is 18.2 Å². The van der Waals surface area contributed by atoms with Gasteiger partial charge >= 0.3 is 6.18 Å². The average Bonchev–Trinajstić information content (AvgIpc) is 3.32. The number of Topliss-reactive ketones (excluding diaryl/α,β-unsaturated/α-hetero) is 1. The van der Waals surface area contributed by atoms with Crippen molar-refractivity contribution in [3.8, 4) is 11.6 Å². The van der Waals surface area contributed by atoms with Crippen LogP contribution in [0.5, 0.6) is 11.6 Å². The SMILES string of the molecule is CCC1=CC(C(=O)NC2CCN(C)CC2)=CC(C)C1Nc1ncc(C(F)(F)F)c(Oc2cccc3c2C(=O)CC3)n1. The van der Waals surface area contributed by atoms with Gasteiger partial charge in [0.05, 0.1) is 11.6 Å². The van der Waals surface area contributed by atoms with Crippen molar-refractivity contribution in [2.24, 2.45) is 5.92 Å². The van der Waals surface area contributed by atoms with Crippen LogP contribution in [-0.4, -0.2) is 58.8 Å². The van der Waals surface area contributed by atoms with Crippen molar-refractivity contribution in [1.82, 2.24) is 20.2 Å². The van der Waals surface area contributed by atoms with Gasteiger partial charge in [0.2, 0.25) is 11.8 Å². The number of alkyl halides is 3. The number of hydrogen-bond acceptors (Lipinski definition) is 7. The number of benzene rings is 1. The van der Waals surface area contributed by atoms with Gasteiger partial charge in [0.25, 0.3) is 5.91 Å². The number of hydrogen-bond donors (Lipinski definition) is 2. The normalized spacial score (nSPS) is 21.7. The summed E-state index contributed by atoms with van der Waals surface area (Å²) in [7, 11) is 2.07. The van der Waals surface area contributed by atoms with Gasteiger partial charge in [-0.05, 0) is 75.0 Å². The molecule has 0 bridgehead atoms. The van der Waals surface area contributed by atoms with E-state index in [4.69, 9.17) is 4.74 Å². The van der Waals surface area contributed by atoms with Crippen molar-refractivity contribution in [2.75, 3.05) is 25.5 Å². The Labute approximate surface area is 237 Å². The number of ether oxygens (including phenoxy) is 1. The minimum Gasteiger partial charge on any atom is -0.437 e. The molecular weight excluding hydrogens is 535 g/mol. The topological polar surface area (TPSA) is 96.5 Å². The number of nitrogens with zero attached hydrogens (tertiary/aromatic N) is 3. The van der Waals surface area contributed by atoms with E-state index in [0.717, 1.165) is 37.1 Å². The number of likely N-dealkylation sites (tertiary alicyclic amines) is 1. The number of piperidine rings is 1. The summed E-state index contributed by atoms with van der Waals surface area (Å²) in [6.07, 6.45) is 2.84. The molecule has 1 amide bonds. The number of ketones is 1. The summed E-state index contributed by atoms with van der Waals surface area (Å²) in [5, 5.41) is 6.30. The Kier molecular flexibility index (Phi) is 8.17. The summed E-state index contributed by atoms with van der Waals surface area (Å²) in [5.41, 5.74) is 1.38. The average molecular weight is 570 g/mol. The molecular formula is C30H34F3N5O3. The van der Waals surface area contributed by atoms with Crippen LogP contribution in [0.4, 0.5) is 19.1 Å². The molecule has 2 N–H and O–H groups in total. The van der Waals surface area contributed by atoms with Crippen LogP contribution in [-0.2, 0) is 17.4 Å². The van der Waals surface area contributed by atoms with Crippen LogP contribution < -0.4 is 15.4 Å². The third-order valence-electron chi connectivity index (χ3n) is 8.00. The maximum atomic E-state index is 13.9. The van der Waals surface area contributed by atoms with Crippen molar-refractivity contribution in [2.45, 2.75) is 64.2 Å². The molecule has 0 radical (unpaired) electrons. The summed E-state index contributed by atoms with van der Waals surface area (Å²) in [5.74, 6) is -1.14. The second-order valence-corrected chi connectivity index (χ2v) is 11.0. The number of nitrogens with one attached hydrogen (secondary N) is 2. The van der Waals surface area contributed by atoms with E-state index in [2.05, 4.69) is 32.5 Å². The number of halogens is 3. The maximum absolute atomic E-state index is 13.9. The Morgan fingerprint density at radius 2 is 1.95 bits per heavy atom. The molecule has 1 aliphatic heterocycles. The number of carbonyl (C=O) groups is 2. The first-order chi connectivity index (χ1) is 19.5. The number of fused-ring (bicyclic) bond motifs is 1. The van der Waals surface area contributed by atoms with Gasteiger partial charge in [0.1, 0.15) is 11.3 Å². The highest BCUT2D eigenvalue weighted by Crippen LogP contribution is 2.40. The Morgan fingerprint density at radius 1 is 1.20 bits per heavy atom. The van der Waals surface area contributed by atoms with Crippen LogP contribution in [0.3, 0.4) is 0 Å². The molecule has 2 heterocycles. The van der Waals surface area contributed by atoms with Crippen LogP contribution >= 0.6 is 0 Å². The quantitative estimate of drug-likeness (QED) is 0.466. The molecule has 2 atom stereocenters. The van der Waals surface area contributed by atoms with Gasteiger partial charge in [0.15, 0.2) is 5.78 Å². The predicted octanol–water partition coefficient (Wildman–Crippen LogP) is 5.32. The van der Waals surface area contributed by atoms with E-state index in [-0.39, 0.29) is 47.8 Å². The molecule has 1 aromatic heterocycles. The smallest absolute Gasteiger partial charge is 0.423 e. The van der Waals surface area contributed by atoms with E-state index >= 15 is 0 Å². The summed E-state index contributed by atoms with van der Waals surface area (Å²) in [6, 6.07) is 4.68. The lowest BCUT2D eigenvalue weighted by Gasteiger charge is -2.32. The highest BCUT2D eigenvalue weighted by molar-refractivity contribution is 6.03. The molecule has 8 nitrogen and oxygen atoms in total. The largest absolute Gasteiger partial charge is 0.437 e. The molecule has 2 aliphatic carbocycles. The molecule has 1 saturated heterocycles. The standard InChI is InChI=1S/C30H34F3N5O3/c1-4-18-15-20(27(40)35-21-10-12-38(3)13-11-21)14-17(2)26(18)36-29-34-16-22(30(31,32)33)28(37-29)41-24-7-5-6-19-8-9-23(39)25(19)24/h5-7,14-17,21,26H,4,8-13H2,1-3H3,(H,35,40)(H,34,36,37). The van der Waals surface area contributed by atoms with Crippen LogP contribution in [0.1, 0.15) is 61.0 Å². The fourth-order valence-electron chi connectivity index (χ4n) is 5.67. The summed E-state index contributed by atoms with van der Waals surface area (Å²) in [4.78, 5) is 35.7. The molecule has 3 aliphatic rings. The van der Waals surface area contributed by atoms with Gasteiger partial charge in [-0.3, -0.25) is 9.59 Å². The summed E-state index contributed by atoms with van der Waals surface area (Å²) in [6.45, 7) is 5.76. The summed E-state index contributed by atoms with van der Waals surface area (Å²) < 4.78 is 47.3. The number of carbonyl (C=O) groups excluding carboxylic acids is 2. The van der Waals surface area contributed by atoms with Gasteiger partial charge in [-0.25, -0.2) is 4.98 Å². The van der Waals surface area contributed by atoms with Crippen molar-refractivity contribution >= 4 is 17.6 Å². The first-order valence-corrected chi connectivity index (χ1v) is 14.0. The Bertz CT molecular complexity index is 1400. The van der Waals surface area contributed by atoms with Gasteiger partial charge < -0.3 is 20.3 Å². The zero-order chi connectivity index (χ0) is 29.3. The molecule has 1 fully saturated rings. The van der Waals surface area contributed by atoms with E-state index in [1.165, 1.54) is 6.07 Å². The third-order valence-corrected chi connectivity index (χ3v) is 8.00. The van der Waals surface area contributed by atoms with E-state index < -0.39 is 17.6 Å². The van der Waals surface area contributed by atoms with Gasteiger partial charge in [-0.15, -0.1) is 0 Å².